The van der Waals surface area contributed by atoms with E-state index in [4.69, 9.17) is 32.2 Å². The van der Waals surface area contributed by atoms with Crippen LogP contribution in [0.5, 0.6) is 11.5 Å². The van der Waals surface area contributed by atoms with Crippen molar-refractivity contribution in [3.63, 3.8) is 0 Å². The summed E-state index contributed by atoms with van der Waals surface area (Å²) in [4.78, 5) is 0.909. The van der Waals surface area contributed by atoms with Crippen LogP contribution in [0.2, 0.25) is 10.0 Å². The zero-order chi connectivity index (χ0) is 24.0. The third-order valence-corrected chi connectivity index (χ3v) is 8.29. The van der Waals surface area contributed by atoms with Crippen molar-refractivity contribution in [1.29, 1.82) is 5.26 Å². The van der Waals surface area contributed by atoms with Gasteiger partial charge in [0.15, 0.2) is 0 Å². The van der Waals surface area contributed by atoms with Gasteiger partial charge in [-0.05, 0) is 92.4 Å². The molecule has 0 N–H and O–H groups in total. The van der Waals surface area contributed by atoms with E-state index in [1.165, 1.54) is 11.9 Å². The van der Waals surface area contributed by atoms with Crippen molar-refractivity contribution < 1.29 is 13.6 Å². The Morgan fingerprint density at radius 1 is 0.909 bits per heavy atom. The van der Waals surface area contributed by atoms with Crippen molar-refractivity contribution >= 4 is 42.7 Å². The van der Waals surface area contributed by atoms with Gasteiger partial charge in [-0.2, -0.15) is 5.26 Å². The predicted octanol–water partition coefficient (Wildman–Crippen LogP) is 8.06. The highest BCUT2D eigenvalue weighted by Crippen LogP contribution is 2.51. The molecule has 9 heteroatoms. The molecule has 0 saturated carbocycles. The second-order valence-corrected chi connectivity index (χ2v) is 11.3. The van der Waals surface area contributed by atoms with Gasteiger partial charge in [0, 0.05) is 14.9 Å². The maximum absolute atomic E-state index is 14.0. The van der Waals surface area contributed by atoms with E-state index in [0.29, 0.717) is 21.5 Å². The van der Waals surface area contributed by atoms with E-state index in [1.807, 2.05) is 45.0 Å². The molecule has 0 aliphatic heterocycles. The van der Waals surface area contributed by atoms with Gasteiger partial charge >= 0.3 is 7.60 Å². The molecular weight excluding hydrogens is 498 g/mol. The molecule has 0 radical (unpaired) electrons. The largest absolute Gasteiger partial charge is 0.445 e. The number of nitriles is 1. The Morgan fingerprint density at radius 3 is 1.88 bits per heavy atom. The highest BCUT2D eigenvalue weighted by atomic mass is 35.5. The fraction of sp³-hybridized carbons (Fsp3) is 0.208. The molecule has 33 heavy (non-hydrogen) atoms. The fourth-order valence-corrected chi connectivity index (χ4v) is 5.95. The molecular formula is C24H23Cl2N2O3PS. The Kier molecular flexibility index (Phi) is 8.75. The normalized spacial score (nSPS) is 11.3. The van der Waals surface area contributed by atoms with Crippen molar-refractivity contribution in [3.8, 4) is 17.6 Å². The molecule has 5 nitrogen and oxygen atoms in total. The van der Waals surface area contributed by atoms with Crippen LogP contribution in [0.1, 0.15) is 16.7 Å². The zero-order valence-corrected chi connectivity index (χ0v) is 21.6. The third-order valence-electron chi connectivity index (χ3n) is 4.58. The molecule has 0 aliphatic carbocycles. The average molecular weight is 521 g/mol. The summed E-state index contributed by atoms with van der Waals surface area (Å²) in [5, 5.41) is 10.5. The van der Waals surface area contributed by atoms with Crippen molar-refractivity contribution in [1.82, 2.24) is 4.31 Å². The highest BCUT2D eigenvalue weighted by molar-refractivity contribution is 7.97. The Bertz CT molecular complexity index is 1160. The van der Waals surface area contributed by atoms with Gasteiger partial charge in [-0.1, -0.05) is 40.9 Å². The number of nitrogens with zero attached hydrogens (tertiary/aromatic N) is 2. The number of rotatable bonds is 9. The first-order valence-corrected chi connectivity index (χ1v) is 13.3. The molecule has 172 valence electrons. The van der Waals surface area contributed by atoms with Crippen molar-refractivity contribution in [3.05, 3.63) is 87.4 Å². The second-order valence-electron chi connectivity index (χ2n) is 7.46. The van der Waals surface area contributed by atoms with Crippen LogP contribution in [0.4, 0.5) is 0 Å². The molecule has 3 aromatic carbocycles. The van der Waals surface area contributed by atoms with Crippen LogP contribution in [0.3, 0.4) is 0 Å². The molecule has 0 aliphatic rings. The monoisotopic (exact) mass is 520 g/mol. The van der Waals surface area contributed by atoms with Crippen molar-refractivity contribution in [2.24, 2.45) is 0 Å². The lowest BCUT2D eigenvalue weighted by Crippen LogP contribution is -2.21. The minimum Gasteiger partial charge on any atom is -0.415 e. The van der Waals surface area contributed by atoms with Crippen LogP contribution in [-0.4, -0.2) is 17.1 Å². The minimum atomic E-state index is -3.80. The lowest BCUT2D eigenvalue weighted by molar-refractivity contribution is 0.368. The number of halogens is 2. The lowest BCUT2D eigenvalue weighted by atomic mass is 10.2. The summed E-state index contributed by atoms with van der Waals surface area (Å²) in [6.07, 6.45) is -0.123. The van der Waals surface area contributed by atoms with Crippen LogP contribution in [-0.2, 0) is 4.57 Å². The van der Waals surface area contributed by atoms with Crippen molar-refractivity contribution in [2.75, 3.05) is 12.8 Å². The molecule has 0 spiro atoms. The van der Waals surface area contributed by atoms with Gasteiger partial charge in [0.25, 0.3) is 0 Å². The van der Waals surface area contributed by atoms with Gasteiger partial charge in [0.05, 0.1) is 12.6 Å². The summed E-state index contributed by atoms with van der Waals surface area (Å²) >= 11 is 13.6. The highest BCUT2D eigenvalue weighted by Gasteiger charge is 2.32. The van der Waals surface area contributed by atoms with E-state index in [2.05, 4.69) is 6.07 Å². The molecule has 0 amide bonds. The topological polar surface area (TPSA) is 62.6 Å². The number of hydrogen-bond donors (Lipinski definition) is 0. The van der Waals surface area contributed by atoms with E-state index in [9.17, 15) is 9.83 Å². The van der Waals surface area contributed by atoms with Gasteiger partial charge in [-0.15, -0.1) is 0 Å². The van der Waals surface area contributed by atoms with Crippen LogP contribution in [0, 0.1) is 32.1 Å². The summed E-state index contributed by atoms with van der Waals surface area (Å²) in [6, 6.07) is 20.0. The summed E-state index contributed by atoms with van der Waals surface area (Å²) in [5.41, 5.74) is 2.69. The van der Waals surface area contributed by atoms with Crippen LogP contribution >= 0.6 is 42.7 Å². The van der Waals surface area contributed by atoms with E-state index >= 15 is 0 Å². The quantitative estimate of drug-likeness (QED) is 0.161. The van der Waals surface area contributed by atoms with Crippen LogP contribution in [0.25, 0.3) is 0 Å². The van der Waals surface area contributed by atoms with E-state index < -0.39 is 7.60 Å². The van der Waals surface area contributed by atoms with E-state index in [-0.39, 0.29) is 12.8 Å². The average Bonchev–Trinajstić information content (AvgIpc) is 2.75. The van der Waals surface area contributed by atoms with Gasteiger partial charge < -0.3 is 9.05 Å². The maximum Gasteiger partial charge on any atom is 0.445 e. The second kappa shape index (κ2) is 11.3. The summed E-state index contributed by atoms with van der Waals surface area (Å²) in [5.74, 6) is 0.728. The van der Waals surface area contributed by atoms with Gasteiger partial charge in [0.2, 0.25) is 0 Å². The molecule has 0 fully saturated rings. The standard InChI is InChI=1S/C24H23Cl2N2O3PS/c1-17-4-8-22(9-5-17)33-28(13-12-27)16-32(29,30-20-6-10-23(25)18(2)14-20)31-21-7-11-24(26)19(3)15-21/h4-11,14-15H,13,16H2,1-3H3. The van der Waals surface area contributed by atoms with Gasteiger partial charge in [-0.3, -0.25) is 0 Å². The summed E-state index contributed by atoms with van der Waals surface area (Å²) in [7, 11) is -3.80. The minimum absolute atomic E-state index is 0.0224. The predicted molar refractivity (Wildman–Crippen MR) is 135 cm³/mol. The lowest BCUT2D eigenvalue weighted by Gasteiger charge is -2.25. The molecule has 3 rings (SSSR count). The van der Waals surface area contributed by atoms with E-state index in [1.54, 1.807) is 40.7 Å². The van der Waals surface area contributed by atoms with Gasteiger partial charge in [0.1, 0.15) is 17.8 Å². The summed E-state index contributed by atoms with van der Waals surface area (Å²) in [6.45, 7) is 5.69. The third kappa shape index (κ3) is 7.43. The smallest absolute Gasteiger partial charge is 0.415 e. The number of aryl methyl sites for hydroxylation is 3. The molecule has 0 saturated heterocycles. The number of benzene rings is 3. The van der Waals surface area contributed by atoms with Crippen LogP contribution in [0.15, 0.2) is 65.6 Å². The Balaban J connectivity index is 1.91. The van der Waals surface area contributed by atoms with E-state index in [0.717, 1.165) is 21.6 Å². The fourth-order valence-electron chi connectivity index (χ4n) is 2.88. The Hall–Kier alpha value is -2.13. The van der Waals surface area contributed by atoms with Gasteiger partial charge in [-0.25, -0.2) is 8.87 Å². The molecule has 0 atom stereocenters. The van der Waals surface area contributed by atoms with Crippen LogP contribution < -0.4 is 9.05 Å². The molecule has 3 aromatic rings. The first-order chi connectivity index (χ1) is 15.7. The molecule has 0 heterocycles. The maximum atomic E-state index is 14.0. The van der Waals surface area contributed by atoms with Crippen molar-refractivity contribution in [2.45, 2.75) is 25.7 Å². The molecule has 0 bridgehead atoms. The molecule has 0 unspecified atom stereocenters. The molecule has 0 aromatic heterocycles. The summed E-state index contributed by atoms with van der Waals surface area (Å²) < 4.78 is 27.5. The first-order valence-electron chi connectivity index (χ1n) is 10.0. The zero-order valence-electron chi connectivity index (χ0n) is 18.4. The Morgan fingerprint density at radius 2 is 1.42 bits per heavy atom. The Labute approximate surface area is 208 Å². The first kappa shape index (κ1) is 25.5. The SMILES string of the molecule is Cc1ccc(SN(CC#N)CP(=O)(Oc2ccc(Cl)c(C)c2)Oc2ccc(Cl)c(C)c2)cc1. The number of hydrogen-bond acceptors (Lipinski definition) is 6.